The van der Waals surface area contributed by atoms with Crippen LogP contribution in [0.2, 0.25) is 0 Å². The predicted octanol–water partition coefficient (Wildman–Crippen LogP) is 1.21. The number of halogens is 2. The molecule has 0 saturated carbocycles. The zero-order chi connectivity index (χ0) is 11.4. The van der Waals surface area contributed by atoms with E-state index in [4.69, 9.17) is 11.5 Å². The maximum atomic E-state index is 9.67. The molecule has 0 atom stereocenters. The lowest BCUT2D eigenvalue weighted by atomic mass is 10.2. The monoisotopic (exact) mass is 430 g/mol. The van der Waals surface area contributed by atoms with Crippen LogP contribution in [0, 0.1) is 7.14 Å². The van der Waals surface area contributed by atoms with Gasteiger partial charge in [0.05, 0.1) is 9.78 Å². The Morgan fingerprint density at radius 1 is 1.33 bits per heavy atom. The van der Waals surface area contributed by atoms with Crippen LogP contribution in [-0.2, 0) is 0 Å². The van der Waals surface area contributed by atoms with Gasteiger partial charge in [-0.05, 0) is 57.3 Å². The van der Waals surface area contributed by atoms with Crippen LogP contribution in [0.25, 0.3) is 0 Å². The smallest absolute Gasteiger partial charge is 0.211 e. The molecule has 7 heteroatoms. The minimum Gasteiger partial charge on any atom is -0.506 e. The number of hydrogen-bond donors (Lipinski definition) is 3. The first kappa shape index (κ1) is 12.5. The van der Waals surface area contributed by atoms with Gasteiger partial charge in [0.1, 0.15) is 5.75 Å². The number of benzene rings is 1. The number of nitrogens with two attached hydrogens (primary N) is 2. The SMILES string of the molecule is NC(N)=NN=Cc1cc(I)cc(I)c1O. The number of phenolic OH excluding ortho intramolecular Hbond substituents is 1. The quantitative estimate of drug-likeness (QED) is 0.285. The second-order valence-corrected chi connectivity index (χ2v) is 5.00. The lowest BCUT2D eigenvalue weighted by Crippen LogP contribution is -2.21. The predicted molar refractivity (Wildman–Crippen MR) is 76.9 cm³/mol. The Morgan fingerprint density at radius 3 is 2.60 bits per heavy atom. The summed E-state index contributed by atoms with van der Waals surface area (Å²) in [5.74, 6) is 0.0524. The second kappa shape index (κ2) is 5.49. The van der Waals surface area contributed by atoms with E-state index in [0.29, 0.717) is 5.56 Å². The van der Waals surface area contributed by atoms with Crippen molar-refractivity contribution in [3.05, 3.63) is 24.8 Å². The van der Waals surface area contributed by atoms with E-state index in [1.54, 1.807) is 6.07 Å². The van der Waals surface area contributed by atoms with Crippen LogP contribution in [0.4, 0.5) is 0 Å². The average molecular weight is 430 g/mol. The minimum absolute atomic E-state index is 0.119. The van der Waals surface area contributed by atoms with Gasteiger partial charge in [0.15, 0.2) is 0 Å². The summed E-state index contributed by atoms with van der Waals surface area (Å²) in [5, 5.41) is 16.8. The van der Waals surface area contributed by atoms with Gasteiger partial charge in [-0.2, -0.15) is 5.10 Å². The summed E-state index contributed by atoms with van der Waals surface area (Å²) in [5.41, 5.74) is 10.8. The van der Waals surface area contributed by atoms with Crippen molar-refractivity contribution in [3.8, 4) is 5.75 Å². The molecule has 5 nitrogen and oxygen atoms in total. The Bertz CT molecular complexity index is 427. The summed E-state index contributed by atoms with van der Waals surface area (Å²) in [6.45, 7) is 0. The third kappa shape index (κ3) is 3.81. The van der Waals surface area contributed by atoms with Gasteiger partial charge in [0.2, 0.25) is 5.96 Å². The second-order valence-electron chi connectivity index (χ2n) is 2.59. The fourth-order valence-corrected chi connectivity index (χ4v) is 2.73. The van der Waals surface area contributed by atoms with E-state index < -0.39 is 0 Å². The molecule has 0 spiro atoms. The Balaban J connectivity index is 3.05. The summed E-state index contributed by atoms with van der Waals surface area (Å²) in [4.78, 5) is 0. The standard InChI is InChI=1S/C8H8I2N4O/c9-5-1-4(3-13-14-8(11)12)7(15)6(10)2-5/h1-3,15H,(H4,11,12,14). The zero-order valence-electron chi connectivity index (χ0n) is 7.48. The highest BCUT2D eigenvalue weighted by Gasteiger charge is 2.04. The summed E-state index contributed by atoms with van der Waals surface area (Å²) in [6.07, 6.45) is 1.40. The first-order valence-electron chi connectivity index (χ1n) is 3.80. The summed E-state index contributed by atoms with van der Waals surface area (Å²) < 4.78 is 1.76. The Kier molecular flexibility index (Phi) is 4.57. The van der Waals surface area contributed by atoms with E-state index in [0.717, 1.165) is 7.14 Å². The lowest BCUT2D eigenvalue weighted by Gasteiger charge is -2.01. The van der Waals surface area contributed by atoms with E-state index in [-0.39, 0.29) is 11.7 Å². The van der Waals surface area contributed by atoms with Gasteiger partial charge in [0.25, 0.3) is 0 Å². The van der Waals surface area contributed by atoms with Gasteiger partial charge in [0, 0.05) is 9.13 Å². The van der Waals surface area contributed by atoms with Crippen LogP contribution in [0.1, 0.15) is 5.56 Å². The van der Waals surface area contributed by atoms with Gasteiger partial charge in [-0.1, -0.05) is 0 Å². The number of nitrogens with zero attached hydrogens (tertiary/aromatic N) is 2. The molecule has 1 aromatic carbocycles. The van der Waals surface area contributed by atoms with Gasteiger partial charge >= 0.3 is 0 Å². The summed E-state index contributed by atoms with van der Waals surface area (Å²) >= 11 is 4.19. The number of rotatable bonds is 2. The van der Waals surface area contributed by atoms with Crippen LogP contribution in [0.15, 0.2) is 22.3 Å². The molecule has 0 aromatic heterocycles. The molecule has 0 heterocycles. The van der Waals surface area contributed by atoms with Crippen molar-refractivity contribution in [2.75, 3.05) is 0 Å². The number of phenols is 1. The van der Waals surface area contributed by atoms with Crippen molar-refractivity contribution in [1.29, 1.82) is 0 Å². The van der Waals surface area contributed by atoms with E-state index in [1.165, 1.54) is 6.21 Å². The zero-order valence-corrected chi connectivity index (χ0v) is 11.8. The average Bonchev–Trinajstić information content (AvgIpc) is 2.12. The Morgan fingerprint density at radius 2 is 2.00 bits per heavy atom. The normalized spacial score (nSPS) is 10.5. The molecule has 0 aliphatic rings. The molecule has 0 amide bonds. The maximum Gasteiger partial charge on any atom is 0.211 e. The first-order valence-corrected chi connectivity index (χ1v) is 5.96. The summed E-state index contributed by atoms with van der Waals surface area (Å²) in [6, 6.07) is 3.64. The van der Waals surface area contributed by atoms with Crippen LogP contribution >= 0.6 is 45.2 Å². The van der Waals surface area contributed by atoms with Crippen molar-refractivity contribution in [1.82, 2.24) is 0 Å². The third-order valence-corrected chi connectivity index (χ3v) is 2.87. The topological polar surface area (TPSA) is 97.0 Å². The molecule has 0 bridgehead atoms. The van der Waals surface area contributed by atoms with Gasteiger partial charge in [-0.25, -0.2) is 0 Å². The molecule has 80 valence electrons. The first-order chi connectivity index (χ1) is 7.00. The molecular formula is C8H8I2N4O. The third-order valence-electron chi connectivity index (χ3n) is 1.43. The fraction of sp³-hybridized carbons (Fsp3) is 0. The molecule has 1 rings (SSSR count). The molecule has 0 aliphatic carbocycles. The molecule has 0 aliphatic heterocycles. The van der Waals surface area contributed by atoms with Gasteiger partial charge in [-0.3, -0.25) is 0 Å². The van der Waals surface area contributed by atoms with Gasteiger partial charge in [-0.15, -0.1) is 5.10 Å². The van der Waals surface area contributed by atoms with Crippen LogP contribution in [0.3, 0.4) is 0 Å². The van der Waals surface area contributed by atoms with E-state index in [1.807, 2.05) is 28.7 Å². The molecule has 0 saturated heterocycles. The largest absolute Gasteiger partial charge is 0.506 e. The van der Waals surface area contributed by atoms with Crippen LogP contribution in [-0.4, -0.2) is 17.3 Å². The highest BCUT2D eigenvalue weighted by Crippen LogP contribution is 2.25. The van der Waals surface area contributed by atoms with Crippen molar-refractivity contribution in [2.45, 2.75) is 0 Å². The van der Waals surface area contributed by atoms with E-state index in [2.05, 4.69) is 32.8 Å². The lowest BCUT2D eigenvalue weighted by molar-refractivity contribution is 0.470. The maximum absolute atomic E-state index is 9.67. The highest BCUT2D eigenvalue weighted by atomic mass is 127. The Labute approximate surface area is 114 Å². The number of aromatic hydroxyl groups is 1. The molecule has 15 heavy (non-hydrogen) atoms. The fourth-order valence-electron chi connectivity index (χ4n) is 0.842. The summed E-state index contributed by atoms with van der Waals surface area (Å²) in [7, 11) is 0. The van der Waals surface area contributed by atoms with Crippen molar-refractivity contribution in [2.24, 2.45) is 21.7 Å². The molecule has 0 fully saturated rings. The van der Waals surface area contributed by atoms with Gasteiger partial charge < -0.3 is 16.6 Å². The Hall–Kier alpha value is -0.580. The number of guanidine groups is 1. The molecule has 0 radical (unpaired) electrons. The molecule has 1 aromatic rings. The highest BCUT2D eigenvalue weighted by molar-refractivity contribution is 14.1. The molecular weight excluding hydrogens is 422 g/mol. The van der Waals surface area contributed by atoms with E-state index >= 15 is 0 Å². The van der Waals surface area contributed by atoms with Crippen molar-refractivity contribution in [3.63, 3.8) is 0 Å². The van der Waals surface area contributed by atoms with Crippen molar-refractivity contribution >= 4 is 57.4 Å². The van der Waals surface area contributed by atoms with E-state index in [9.17, 15) is 5.11 Å². The minimum atomic E-state index is -0.119. The van der Waals surface area contributed by atoms with Crippen LogP contribution < -0.4 is 11.5 Å². The molecule has 5 N–H and O–H groups in total. The van der Waals surface area contributed by atoms with Crippen molar-refractivity contribution < 1.29 is 5.11 Å². The van der Waals surface area contributed by atoms with Crippen LogP contribution in [0.5, 0.6) is 5.75 Å². The molecule has 0 unspecified atom stereocenters. The number of hydrogen-bond acceptors (Lipinski definition) is 3.